The molecule has 21 heavy (non-hydrogen) atoms. The van der Waals surface area contributed by atoms with Crippen molar-refractivity contribution in [2.24, 2.45) is 0 Å². The Morgan fingerprint density at radius 3 is 2.62 bits per heavy atom. The second-order valence-electron chi connectivity index (χ2n) is 5.59. The van der Waals surface area contributed by atoms with Crippen LogP contribution < -0.4 is 5.46 Å². The number of aromatic amines is 1. The van der Waals surface area contributed by atoms with Crippen LogP contribution in [0.4, 0.5) is 0 Å². The zero-order chi connectivity index (χ0) is 14.0. The third-order valence-electron chi connectivity index (χ3n) is 4.35. The molecule has 0 bridgehead atoms. The zero-order valence-electron chi connectivity index (χ0n) is 11.6. The fraction of sp³-hybridized carbons (Fsp3) is 0. The van der Waals surface area contributed by atoms with E-state index in [0.717, 1.165) is 16.7 Å². The molecule has 3 aromatic carbocycles. The third-order valence-corrected chi connectivity index (χ3v) is 4.35. The Kier molecular flexibility index (Phi) is 1.94. The van der Waals surface area contributed by atoms with E-state index in [9.17, 15) is 0 Å². The molecule has 0 unspecified atom stereocenters. The molecule has 5 aromatic rings. The highest BCUT2D eigenvalue weighted by atomic mass is 16.3. The molecule has 3 heteroatoms. The molecule has 0 aliphatic heterocycles. The lowest BCUT2D eigenvalue weighted by atomic mass is 9.93. The van der Waals surface area contributed by atoms with Gasteiger partial charge in [0.2, 0.25) is 0 Å². The van der Waals surface area contributed by atoms with Crippen molar-refractivity contribution in [3.05, 3.63) is 54.6 Å². The highest BCUT2D eigenvalue weighted by Gasteiger charge is 2.14. The van der Waals surface area contributed by atoms with Crippen LogP contribution in [0.3, 0.4) is 0 Å². The van der Waals surface area contributed by atoms with Crippen molar-refractivity contribution in [2.75, 3.05) is 0 Å². The molecule has 1 N–H and O–H groups in total. The minimum absolute atomic E-state index is 0.946. The molecule has 0 saturated carbocycles. The average Bonchev–Trinajstić information content (AvgIpc) is 3.05. The summed E-state index contributed by atoms with van der Waals surface area (Å²) in [6.45, 7) is 0. The molecule has 0 atom stereocenters. The van der Waals surface area contributed by atoms with Crippen LogP contribution in [0.2, 0.25) is 0 Å². The minimum Gasteiger partial charge on any atom is -0.455 e. The molecule has 0 amide bonds. The average molecular weight is 269 g/mol. The summed E-state index contributed by atoms with van der Waals surface area (Å²) in [5.74, 6) is 0. The first-order chi connectivity index (χ1) is 10.3. The molecule has 0 aliphatic rings. The number of H-pyrrole nitrogens is 1. The largest absolute Gasteiger partial charge is 0.455 e. The van der Waals surface area contributed by atoms with E-state index in [2.05, 4.69) is 55.3 Å². The van der Waals surface area contributed by atoms with Gasteiger partial charge in [-0.2, -0.15) is 0 Å². The molecule has 0 saturated heterocycles. The number of furan rings is 1. The third kappa shape index (κ3) is 1.33. The maximum Gasteiger partial charge on any atom is 0.145 e. The van der Waals surface area contributed by atoms with Gasteiger partial charge in [-0.3, -0.25) is 0 Å². The van der Waals surface area contributed by atoms with Crippen molar-refractivity contribution in [1.29, 1.82) is 0 Å². The number of hydrogen-bond donors (Lipinski definition) is 1. The fourth-order valence-electron chi connectivity index (χ4n) is 3.34. The zero-order valence-corrected chi connectivity index (χ0v) is 11.6. The second-order valence-corrected chi connectivity index (χ2v) is 5.59. The Bertz CT molecular complexity index is 1150. The predicted octanol–water partition coefficient (Wildman–Crippen LogP) is 3.48. The highest BCUT2D eigenvalue weighted by molar-refractivity contribution is 6.40. The molecule has 2 heterocycles. The number of nitrogens with one attached hydrogen (secondary N) is 1. The molecule has 2 nitrogen and oxygen atoms in total. The van der Waals surface area contributed by atoms with Crippen LogP contribution in [-0.2, 0) is 0 Å². The molecule has 0 radical (unpaired) electrons. The Morgan fingerprint density at radius 2 is 1.67 bits per heavy atom. The molecule has 0 aliphatic carbocycles. The molecule has 2 aromatic heterocycles. The molecular weight excluding hydrogens is 257 g/mol. The smallest absolute Gasteiger partial charge is 0.145 e. The van der Waals surface area contributed by atoms with Crippen LogP contribution in [-0.4, -0.2) is 12.8 Å². The van der Waals surface area contributed by atoms with Crippen LogP contribution in [0, 0.1) is 0 Å². The quantitative estimate of drug-likeness (QED) is 0.428. The van der Waals surface area contributed by atoms with Crippen molar-refractivity contribution >= 4 is 57.1 Å². The lowest BCUT2D eigenvalue weighted by Crippen LogP contribution is -2.01. The Hall–Kier alpha value is -2.68. The van der Waals surface area contributed by atoms with Gasteiger partial charge in [-0.1, -0.05) is 41.9 Å². The van der Waals surface area contributed by atoms with Gasteiger partial charge in [-0.15, -0.1) is 0 Å². The highest BCUT2D eigenvalue weighted by Crippen LogP contribution is 2.36. The van der Waals surface area contributed by atoms with Gasteiger partial charge in [-0.05, 0) is 18.2 Å². The lowest BCUT2D eigenvalue weighted by Gasteiger charge is -1.95. The summed E-state index contributed by atoms with van der Waals surface area (Å²) in [4.78, 5) is 3.52. The molecule has 0 fully saturated rings. The van der Waals surface area contributed by atoms with Crippen molar-refractivity contribution in [3.63, 3.8) is 0 Å². The van der Waals surface area contributed by atoms with E-state index in [1.807, 2.05) is 12.1 Å². The van der Waals surface area contributed by atoms with Crippen molar-refractivity contribution in [3.8, 4) is 0 Å². The van der Waals surface area contributed by atoms with Gasteiger partial charge < -0.3 is 9.40 Å². The summed E-state index contributed by atoms with van der Waals surface area (Å²) in [6, 6.07) is 18.9. The number of rotatable bonds is 0. The van der Waals surface area contributed by atoms with Crippen molar-refractivity contribution in [1.82, 2.24) is 4.98 Å². The van der Waals surface area contributed by atoms with E-state index in [4.69, 9.17) is 4.42 Å². The monoisotopic (exact) mass is 269 g/mol. The summed E-state index contributed by atoms with van der Waals surface area (Å²) in [7, 11) is 2.13. The lowest BCUT2D eigenvalue weighted by molar-refractivity contribution is 0.673. The van der Waals surface area contributed by atoms with E-state index < -0.39 is 0 Å². The summed E-state index contributed by atoms with van der Waals surface area (Å²) in [6.07, 6.45) is 0. The van der Waals surface area contributed by atoms with Gasteiger partial charge in [-0.25, -0.2) is 0 Å². The van der Waals surface area contributed by atoms with Crippen molar-refractivity contribution in [2.45, 2.75) is 0 Å². The van der Waals surface area contributed by atoms with E-state index in [1.54, 1.807) is 0 Å². The van der Waals surface area contributed by atoms with Crippen LogP contribution in [0.25, 0.3) is 43.7 Å². The number of benzene rings is 3. The SMILES string of the molecule is Bc1cccc2c1[nH]c1ccc3c4ccccc4oc3c12. The van der Waals surface area contributed by atoms with E-state index >= 15 is 0 Å². The van der Waals surface area contributed by atoms with Crippen LogP contribution in [0.1, 0.15) is 0 Å². The predicted molar refractivity (Wildman–Crippen MR) is 91.3 cm³/mol. The first-order valence-electron chi connectivity index (χ1n) is 7.14. The van der Waals surface area contributed by atoms with E-state index in [1.165, 1.54) is 32.5 Å². The van der Waals surface area contributed by atoms with Crippen LogP contribution >= 0.6 is 0 Å². The molecule has 0 spiro atoms. The standard InChI is InChI=1S/C18H12BNO/c19-13-6-3-5-12-16-14(20-17(12)13)9-8-11-10-4-1-2-7-15(10)21-18(11)16/h1-9,20H,19H2. The maximum atomic E-state index is 6.15. The van der Waals surface area contributed by atoms with Crippen LogP contribution in [0.15, 0.2) is 59.0 Å². The van der Waals surface area contributed by atoms with Gasteiger partial charge in [0.25, 0.3) is 0 Å². The summed E-state index contributed by atoms with van der Waals surface area (Å²) in [5, 5.41) is 4.77. The molecular formula is C18H12BNO. The number of para-hydroxylation sites is 2. The van der Waals surface area contributed by atoms with E-state index in [0.29, 0.717) is 0 Å². The fourth-order valence-corrected chi connectivity index (χ4v) is 3.34. The van der Waals surface area contributed by atoms with Gasteiger partial charge in [0.1, 0.15) is 19.0 Å². The van der Waals surface area contributed by atoms with E-state index in [-0.39, 0.29) is 0 Å². The number of fused-ring (bicyclic) bond motifs is 7. The molecule has 98 valence electrons. The Morgan fingerprint density at radius 1 is 0.810 bits per heavy atom. The summed E-state index contributed by atoms with van der Waals surface area (Å²) >= 11 is 0. The number of hydrogen-bond acceptors (Lipinski definition) is 1. The Balaban J connectivity index is 2.13. The van der Waals surface area contributed by atoms with Gasteiger partial charge >= 0.3 is 0 Å². The summed E-state index contributed by atoms with van der Waals surface area (Å²) in [5.41, 5.74) is 5.51. The minimum atomic E-state index is 0.946. The first kappa shape index (κ1) is 11.0. The van der Waals surface area contributed by atoms with Gasteiger partial charge in [0.05, 0.1) is 10.9 Å². The van der Waals surface area contributed by atoms with Crippen molar-refractivity contribution < 1.29 is 4.42 Å². The Labute approximate surface area is 121 Å². The van der Waals surface area contributed by atoms with Gasteiger partial charge in [0, 0.05) is 21.7 Å². The normalized spacial score (nSPS) is 12.0. The maximum absolute atomic E-state index is 6.15. The topological polar surface area (TPSA) is 28.9 Å². The second kappa shape index (κ2) is 3.70. The number of aromatic nitrogens is 1. The first-order valence-corrected chi connectivity index (χ1v) is 7.14. The van der Waals surface area contributed by atoms with Crippen LogP contribution in [0.5, 0.6) is 0 Å². The summed E-state index contributed by atoms with van der Waals surface area (Å²) < 4.78 is 6.15. The molecule has 5 rings (SSSR count). The van der Waals surface area contributed by atoms with Gasteiger partial charge in [0.15, 0.2) is 0 Å².